The van der Waals surface area contributed by atoms with Crippen molar-refractivity contribution >= 4 is 38.3 Å². The Morgan fingerprint density at radius 1 is 1.18 bits per heavy atom. The number of carbonyl (C=O) groups excluding carboxylic acids is 1. The molecule has 0 bridgehead atoms. The van der Waals surface area contributed by atoms with Crippen molar-refractivity contribution in [2.45, 2.75) is 43.4 Å². The Hall–Kier alpha value is -4.09. The number of hydrogen-bond acceptors (Lipinski definition) is 6. The number of primary sulfonamides is 1. The van der Waals surface area contributed by atoms with Crippen LogP contribution in [0.2, 0.25) is 0 Å². The molecule has 0 radical (unpaired) electrons. The van der Waals surface area contributed by atoms with Gasteiger partial charge in [-0.15, -0.1) is 0 Å². The van der Waals surface area contributed by atoms with Gasteiger partial charge in [0.25, 0.3) is 0 Å². The van der Waals surface area contributed by atoms with E-state index in [1.165, 1.54) is 25.3 Å². The van der Waals surface area contributed by atoms with E-state index in [1.807, 2.05) is 6.92 Å². The lowest BCUT2D eigenvalue weighted by molar-refractivity contribution is -0.140. The Labute approximate surface area is 230 Å². The molecule has 0 aliphatic carbocycles. The predicted molar refractivity (Wildman–Crippen MR) is 148 cm³/mol. The van der Waals surface area contributed by atoms with Crippen molar-refractivity contribution in [3.05, 3.63) is 48.2 Å². The number of ether oxygens (including phenoxy) is 1. The summed E-state index contributed by atoms with van der Waals surface area (Å²) in [4.78, 5) is 10.8. The van der Waals surface area contributed by atoms with Gasteiger partial charge in [0.1, 0.15) is 12.3 Å². The molecule has 10 nitrogen and oxygen atoms in total. The van der Waals surface area contributed by atoms with Crippen LogP contribution in [-0.2, 0) is 16.6 Å². The number of methoxy groups -OCH3 is 1. The molecule has 40 heavy (non-hydrogen) atoms. The van der Waals surface area contributed by atoms with Crippen LogP contribution in [0.1, 0.15) is 25.5 Å². The summed E-state index contributed by atoms with van der Waals surface area (Å²) in [5, 5.41) is 14.6. The number of nitrogens with one attached hydrogen (secondary N) is 3. The molecule has 7 N–H and O–H groups in total. The molecular formula is C26H31F3N6O4S. The lowest BCUT2D eigenvalue weighted by atomic mass is 10.1. The van der Waals surface area contributed by atoms with Gasteiger partial charge in [-0.3, -0.25) is 0 Å². The molecule has 1 atom stereocenters. The van der Waals surface area contributed by atoms with Crippen LogP contribution in [0.15, 0.2) is 47.4 Å². The average molecular weight is 581 g/mol. The van der Waals surface area contributed by atoms with Crippen molar-refractivity contribution in [1.29, 1.82) is 0 Å². The molecule has 0 aliphatic rings. The van der Waals surface area contributed by atoms with E-state index in [1.54, 1.807) is 24.3 Å². The third-order valence-electron chi connectivity index (χ3n) is 6.01. The minimum atomic E-state index is -4.48. The van der Waals surface area contributed by atoms with Crippen LogP contribution in [0.25, 0.3) is 10.9 Å². The summed E-state index contributed by atoms with van der Waals surface area (Å²) in [6.07, 6.45) is -3.20. The molecule has 0 aliphatic heterocycles. The van der Waals surface area contributed by atoms with Crippen molar-refractivity contribution in [1.82, 2.24) is 9.88 Å². The maximum atomic E-state index is 13.5. The summed E-state index contributed by atoms with van der Waals surface area (Å²) >= 11 is 0. The van der Waals surface area contributed by atoms with Gasteiger partial charge in [0, 0.05) is 29.7 Å². The van der Waals surface area contributed by atoms with Gasteiger partial charge < -0.3 is 31.0 Å². The number of fused-ring (bicyclic) bond motifs is 1. The molecule has 14 heteroatoms. The molecule has 2 amide bonds. The zero-order valence-electron chi connectivity index (χ0n) is 21.9. The van der Waals surface area contributed by atoms with Gasteiger partial charge in [0.05, 0.1) is 35.4 Å². The number of benzene rings is 2. The Balaban J connectivity index is 1.88. The summed E-state index contributed by atoms with van der Waals surface area (Å²) in [7, 11) is -2.57. The predicted octanol–water partition coefficient (Wildman–Crippen LogP) is 3.57. The third kappa shape index (κ3) is 8.20. The Morgan fingerprint density at radius 3 is 2.55 bits per heavy atom. The van der Waals surface area contributed by atoms with Crippen molar-refractivity contribution in [2.75, 3.05) is 30.8 Å². The fourth-order valence-corrected chi connectivity index (χ4v) is 4.63. The molecule has 2 aromatic carbocycles. The number of anilines is 2. The SMILES string of the molecule is CCC(CCNC(N)=O)Nc1cccc2c1cc(C#CCNc1ccc(S(N)(=O)=O)cc1OC)n2CC(F)(F)F. The van der Waals surface area contributed by atoms with Gasteiger partial charge in [0.15, 0.2) is 0 Å². The summed E-state index contributed by atoms with van der Waals surface area (Å²) in [5.41, 5.74) is 6.73. The highest BCUT2D eigenvalue weighted by atomic mass is 32.2. The van der Waals surface area contributed by atoms with Crippen LogP contribution in [0.5, 0.6) is 5.75 Å². The first kappa shape index (κ1) is 30.5. The number of sulfonamides is 1. The number of aromatic nitrogens is 1. The lowest BCUT2D eigenvalue weighted by Gasteiger charge is -2.19. The van der Waals surface area contributed by atoms with Crippen molar-refractivity contribution in [3.63, 3.8) is 0 Å². The summed E-state index contributed by atoms with van der Waals surface area (Å²) in [6.45, 7) is 1.12. The van der Waals surface area contributed by atoms with Crippen LogP contribution in [0, 0.1) is 11.8 Å². The van der Waals surface area contributed by atoms with Crippen LogP contribution >= 0.6 is 0 Å². The number of halogens is 3. The van der Waals surface area contributed by atoms with Gasteiger partial charge >= 0.3 is 12.2 Å². The quantitative estimate of drug-likeness (QED) is 0.219. The minimum Gasteiger partial charge on any atom is -0.495 e. The molecule has 3 rings (SSSR count). The van der Waals surface area contributed by atoms with Crippen LogP contribution in [0.3, 0.4) is 0 Å². The largest absolute Gasteiger partial charge is 0.495 e. The minimum absolute atomic E-state index is 0.0362. The van der Waals surface area contributed by atoms with Crippen molar-refractivity contribution < 1.29 is 31.1 Å². The highest BCUT2D eigenvalue weighted by molar-refractivity contribution is 7.89. The first-order valence-electron chi connectivity index (χ1n) is 12.2. The van der Waals surface area contributed by atoms with E-state index in [9.17, 15) is 26.4 Å². The number of rotatable bonds is 11. The molecule has 3 aromatic rings. The normalized spacial score (nSPS) is 12.3. The second kappa shape index (κ2) is 12.8. The van der Waals surface area contributed by atoms with Crippen LogP contribution in [-0.4, -0.2) is 51.4 Å². The van der Waals surface area contributed by atoms with Gasteiger partial charge in [-0.2, -0.15) is 13.2 Å². The number of nitrogens with zero attached hydrogens (tertiary/aromatic N) is 1. The van der Waals surface area contributed by atoms with E-state index in [0.717, 1.165) is 4.57 Å². The number of urea groups is 1. The zero-order valence-corrected chi connectivity index (χ0v) is 22.7. The van der Waals surface area contributed by atoms with E-state index >= 15 is 0 Å². The van der Waals surface area contributed by atoms with Crippen molar-refractivity contribution in [2.24, 2.45) is 10.9 Å². The van der Waals surface area contributed by atoms with E-state index in [0.29, 0.717) is 41.7 Å². The number of alkyl halides is 3. The Morgan fingerprint density at radius 2 is 1.93 bits per heavy atom. The van der Waals surface area contributed by atoms with Gasteiger partial charge in [-0.05, 0) is 49.1 Å². The average Bonchev–Trinajstić information content (AvgIpc) is 3.21. The van der Waals surface area contributed by atoms with Crippen LogP contribution < -0.4 is 31.6 Å². The first-order valence-corrected chi connectivity index (χ1v) is 13.8. The summed E-state index contributed by atoms with van der Waals surface area (Å²) in [5.74, 6) is 5.85. The van der Waals surface area contributed by atoms with Gasteiger partial charge in [-0.1, -0.05) is 18.9 Å². The lowest BCUT2D eigenvalue weighted by Crippen LogP contribution is -2.33. The molecule has 0 saturated heterocycles. The number of carbonyl (C=O) groups is 1. The van der Waals surface area contributed by atoms with Crippen LogP contribution in [0.4, 0.5) is 29.3 Å². The molecule has 1 aromatic heterocycles. The highest BCUT2D eigenvalue weighted by Gasteiger charge is 2.30. The zero-order chi connectivity index (χ0) is 29.5. The summed E-state index contributed by atoms with van der Waals surface area (Å²) < 4.78 is 70.0. The molecule has 0 spiro atoms. The molecular weight excluding hydrogens is 549 g/mol. The highest BCUT2D eigenvalue weighted by Crippen LogP contribution is 2.31. The Bertz CT molecular complexity index is 1530. The number of nitrogens with two attached hydrogens (primary N) is 2. The second-order valence-corrected chi connectivity index (χ2v) is 10.4. The fraction of sp³-hybridized carbons (Fsp3) is 0.346. The monoisotopic (exact) mass is 580 g/mol. The smallest absolute Gasteiger partial charge is 0.406 e. The van der Waals surface area contributed by atoms with Gasteiger partial charge in [-0.25, -0.2) is 18.4 Å². The topological polar surface area (TPSA) is 153 Å². The van der Waals surface area contributed by atoms with E-state index in [-0.39, 0.29) is 28.9 Å². The Kier molecular flexibility index (Phi) is 9.78. The van der Waals surface area contributed by atoms with E-state index in [4.69, 9.17) is 15.6 Å². The van der Waals surface area contributed by atoms with E-state index < -0.39 is 28.8 Å². The van der Waals surface area contributed by atoms with E-state index in [2.05, 4.69) is 27.8 Å². The molecule has 0 fully saturated rings. The van der Waals surface area contributed by atoms with Crippen molar-refractivity contribution in [3.8, 4) is 17.6 Å². The summed E-state index contributed by atoms with van der Waals surface area (Å²) in [6, 6.07) is 9.99. The fourth-order valence-electron chi connectivity index (χ4n) is 4.10. The maximum Gasteiger partial charge on any atom is 0.406 e. The van der Waals surface area contributed by atoms with Gasteiger partial charge in [0.2, 0.25) is 10.0 Å². The number of hydrogen-bond donors (Lipinski definition) is 5. The molecule has 0 saturated carbocycles. The molecule has 1 heterocycles. The maximum absolute atomic E-state index is 13.5. The molecule has 216 valence electrons. The number of amides is 2. The molecule has 1 unspecified atom stereocenters. The second-order valence-electron chi connectivity index (χ2n) is 8.86. The number of primary amides is 1. The standard InChI is InChI=1S/C26H31F3N6O4S/c1-3-17(11-13-33-25(30)36)34-21-7-4-8-23-20(21)14-18(35(23)16-26(27,28)29)6-5-12-32-22-10-9-19(40(31,37)38)15-24(22)39-2/h4,7-10,14-15,17,32,34H,3,11-13,16H2,1-2H3,(H3,30,33,36)(H2,31,37,38). The third-order valence-corrected chi connectivity index (χ3v) is 6.92. The first-order chi connectivity index (χ1) is 18.8.